The van der Waals surface area contributed by atoms with Gasteiger partial charge in [-0.1, -0.05) is 52.3 Å². The van der Waals surface area contributed by atoms with Crippen LogP contribution in [0.25, 0.3) is 5.76 Å². The summed E-state index contributed by atoms with van der Waals surface area (Å²) < 4.78 is 0.853. The van der Waals surface area contributed by atoms with E-state index in [1.165, 1.54) is 4.90 Å². The highest BCUT2D eigenvalue weighted by Gasteiger charge is 2.47. The Morgan fingerprint density at radius 3 is 2.16 bits per heavy atom. The van der Waals surface area contributed by atoms with Gasteiger partial charge in [0.25, 0.3) is 11.7 Å². The molecule has 1 fully saturated rings. The molecule has 1 heterocycles. The van der Waals surface area contributed by atoms with Gasteiger partial charge in [-0.3, -0.25) is 14.5 Å². The second-order valence-electron chi connectivity index (χ2n) is 7.94. The lowest BCUT2D eigenvalue weighted by Crippen LogP contribution is -2.29. The molecule has 5 nitrogen and oxygen atoms in total. The van der Waals surface area contributed by atoms with E-state index in [9.17, 15) is 14.7 Å². The number of carbonyl (C=O) groups is 2. The Labute approximate surface area is 195 Å². The van der Waals surface area contributed by atoms with Crippen LogP contribution in [0.15, 0.2) is 82.8 Å². The zero-order valence-corrected chi connectivity index (χ0v) is 19.6. The minimum atomic E-state index is -0.731. The van der Waals surface area contributed by atoms with Gasteiger partial charge in [0.05, 0.1) is 11.6 Å². The number of rotatable bonds is 4. The molecule has 3 aromatic rings. The lowest BCUT2D eigenvalue weighted by atomic mass is 9.92. The molecule has 1 unspecified atom stereocenters. The molecule has 162 valence electrons. The molecule has 1 saturated heterocycles. The van der Waals surface area contributed by atoms with Gasteiger partial charge in [-0.2, -0.15) is 0 Å². The molecule has 0 aromatic heterocycles. The largest absolute Gasteiger partial charge is 0.507 e. The van der Waals surface area contributed by atoms with Crippen LogP contribution in [0.1, 0.15) is 22.7 Å². The molecule has 0 spiro atoms. The topological polar surface area (TPSA) is 60.9 Å². The number of aliphatic hydroxyl groups is 1. The maximum atomic E-state index is 13.2. The Morgan fingerprint density at radius 2 is 1.56 bits per heavy atom. The van der Waals surface area contributed by atoms with Crippen molar-refractivity contribution in [3.63, 3.8) is 0 Å². The number of amides is 1. The van der Waals surface area contributed by atoms with Crippen LogP contribution in [-0.4, -0.2) is 30.9 Å². The molecule has 1 aliphatic rings. The Hall–Kier alpha value is -3.38. The number of anilines is 2. The number of aliphatic hydroxyl groups excluding tert-OH is 1. The second kappa shape index (κ2) is 8.63. The number of ketones is 1. The number of halogens is 1. The van der Waals surface area contributed by atoms with E-state index in [1.807, 2.05) is 74.4 Å². The normalized spacial score (nSPS) is 17.6. The van der Waals surface area contributed by atoms with E-state index < -0.39 is 17.7 Å². The summed E-state index contributed by atoms with van der Waals surface area (Å²) in [6.07, 6.45) is 0. The Kier molecular flexibility index (Phi) is 5.89. The summed E-state index contributed by atoms with van der Waals surface area (Å²) >= 11 is 3.38. The average molecular weight is 491 g/mol. The highest BCUT2D eigenvalue weighted by atomic mass is 79.9. The van der Waals surface area contributed by atoms with Crippen molar-refractivity contribution in [2.45, 2.75) is 13.0 Å². The van der Waals surface area contributed by atoms with Crippen molar-refractivity contribution in [3.05, 3.63) is 99.5 Å². The fourth-order valence-electron chi connectivity index (χ4n) is 3.96. The van der Waals surface area contributed by atoms with Crippen LogP contribution >= 0.6 is 15.9 Å². The number of carbonyl (C=O) groups excluding carboxylic acids is 2. The third-order valence-corrected chi connectivity index (χ3v) is 6.22. The monoisotopic (exact) mass is 490 g/mol. The zero-order valence-electron chi connectivity index (χ0n) is 18.0. The lowest BCUT2D eigenvalue weighted by molar-refractivity contribution is -0.132. The molecular weight excluding hydrogens is 468 g/mol. The van der Waals surface area contributed by atoms with E-state index in [4.69, 9.17) is 0 Å². The van der Waals surface area contributed by atoms with Crippen LogP contribution in [-0.2, 0) is 9.59 Å². The van der Waals surface area contributed by atoms with Crippen molar-refractivity contribution in [2.24, 2.45) is 0 Å². The summed E-state index contributed by atoms with van der Waals surface area (Å²) in [6, 6.07) is 21.3. The summed E-state index contributed by atoms with van der Waals surface area (Å²) in [6.45, 7) is 1.93. The Balaban J connectivity index is 1.93. The number of hydrogen-bond donors (Lipinski definition) is 1. The van der Waals surface area contributed by atoms with Gasteiger partial charge in [0.1, 0.15) is 5.76 Å². The van der Waals surface area contributed by atoms with Crippen molar-refractivity contribution in [2.75, 3.05) is 23.9 Å². The molecule has 0 saturated carbocycles. The maximum absolute atomic E-state index is 13.2. The molecular formula is C26H23BrN2O3. The molecule has 0 radical (unpaired) electrons. The van der Waals surface area contributed by atoms with Gasteiger partial charge in [-0.05, 0) is 54.4 Å². The summed E-state index contributed by atoms with van der Waals surface area (Å²) in [7, 11) is 3.87. The van der Waals surface area contributed by atoms with E-state index in [-0.39, 0.29) is 11.3 Å². The Morgan fingerprint density at radius 1 is 0.938 bits per heavy atom. The summed E-state index contributed by atoms with van der Waals surface area (Å²) in [5, 5.41) is 11.2. The van der Waals surface area contributed by atoms with Crippen LogP contribution in [0.3, 0.4) is 0 Å². The molecule has 1 aliphatic heterocycles. The summed E-state index contributed by atoms with van der Waals surface area (Å²) in [5.41, 5.74) is 3.86. The van der Waals surface area contributed by atoms with Crippen molar-refractivity contribution in [3.8, 4) is 0 Å². The first-order valence-corrected chi connectivity index (χ1v) is 11.0. The zero-order chi connectivity index (χ0) is 23.0. The molecule has 32 heavy (non-hydrogen) atoms. The van der Waals surface area contributed by atoms with E-state index >= 15 is 0 Å². The van der Waals surface area contributed by atoms with E-state index in [1.54, 1.807) is 24.3 Å². The van der Waals surface area contributed by atoms with Crippen LogP contribution in [0.4, 0.5) is 11.4 Å². The fraction of sp³-hybridized carbons (Fsp3) is 0.154. The van der Waals surface area contributed by atoms with Gasteiger partial charge in [0.15, 0.2) is 0 Å². The first-order valence-electron chi connectivity index (χ1n) is 10.2. The van der Waals surface area contributed by atoms with Crippen molar-refractivity contribution >= 4 is 44.8 Å². The van der Waals surface area contributed by atoms with Gasteiger partial charge in [-0.25, -0.2) is 0 Å². The number of Topliss-reactive ketones (excluding diaryl/α,β-unsaturated/α-hetero) is 1. The number of hydrogen-bond acceptors (Lipinski definition) is 4. The van der Waals surface area contributed by atoms with E-state index in [0.29, 0.717) is 11.3 Å². The molecule has 4 rings (SSSR count). The van der Waals surface area contributed by atoms with Gasteiger partial charge >= 0.3 is 0 Å². The van der Waals surface area contributed by atoms with Crippen molar-refractivity contribution < 1.29 is 14.7 Å². The fourth-order valence-corrected chi connectivity index (χ4v) is 4.23. The first-order chi connectivity index (χ1) is 15.3. The van der Waals surface area contributed by atoms with E-state index in [0.717, 1.165) is 21.3 Å². The number of nitrogens with zero attached hydrogens (tertiary/aromatic N) is 2. The van der Waals surface area contributed by atoms with Gasteiger partial charge in [-0.15, -0.1) is 0 Å². The third-order valence-electron chi connectivity index (χ3n) is 5.69. The van der Waals surface area contributed by atoms with Gasteiger partial charge in [0.2, 0.25) is 0 Å². The van der Waals surface area contributed by atoms with Crippen LogP contribution in [0.5, 0.6) is 0 Å². The number of benzene rings is 3. The van der Waals surface area contributed by atoms with Gasteiger partial charge < -0.3 is 10.0 Å². The van der Waals surface area contributed by atoms with E-state index in [2.05, 4.69) is 15.9 Å². The molecule has 6 heteroatoms. The second-order valence-corrected chi connectivity index (χ2v) is 8.86. The minimum Gasteiger partial charge on any atom is -0.507 e. The smallest absolute Gasteiger partial charge is 0.300 e. The highest BCUT2D eigenvalue weighted by molar-refractivity contribution is 9.10. The van der Waals surface area contributed by atoms with Crippen molar-refractivity contribution in [1.82, 2.24) is 0 Å². The predicted octanol–water partition coefficient (Wildman–Crippen LogP) is 5.45. The quantitative estimate of drug-likeness (QED) is 0.300. The Bertz CT molecular complexity index is 1210. The molecule has 0 aliphatic carbocycles. The molecule has 1 N–H and O–H groups in total. The van der Waals surface area contributed by atoms with Crippen LogP contribution in [0, 0.1) is 6.92 Å². The first kappa shape index (κ1) is 21.8. The van der Waals surface area contributed by atoms with Crippen molar-refractivity contribution in [1.29, 1.82) is 0 Å². The SMILES string of the molecule is Cc1ccccc1C1/C(=C(\O)c2ccc(Br)cc2)C(=O)C(=O)N1c1ccc(N(C)C)cc1. The molecule has 1 amide bonds. The third kappa shape index (κ3) is 3.82. The number of aryl methyl sites for hydroxylation is 1. The molecule has 0 bridgehead atoms. The average Bonchev–Trinajstić information content (AvgIpc) is 3.04. The standard InChI is InChI=1S/C26H23BrN2O3/c1-16-6-4-5-7-21(16)23-22(24(30)17-8-10-18(27)11-9-17)25(31)26(32)29(23)20-14-12-19(13-15-20)28(2)3/h4-15,23,30H,1-3H3/b24-22+. The minimum absolute atomic E-state index is 0.0864. The van der Waals surface area contributed by atoms with Crippen LogP contribution < -0.4 is 9.80 Å². The van der Waals surface area contributed by atoms with Crippen LogP contribution in [0.2, 0.25) is 0 Å². The molecule has 1 atom stereocenters. The lowest BCUT2D eigenvalue weighted by Gasteiger charge is -2.27. The molecule has 3 aromatic carbocycles. The highest BCUT2D eigenvalue weighted by Crippen LogP contribution is 2.43. The van der Waals surface area contributed by atoms with Gasteiger partial charge in [0, 0.05) is 35.5 Å². The maximum Gasteiger partial charge on any atom is 0.300 e. The summed E-state index contributed by atoms with van der Waals surface area (Å²) in [5.74, 6) is -1.54. The summed E-state index contributed by atoms with van der Waals surface area (Å²) in [4.78, 5) is 29.9. The predicted molar refractivity (Wildman–Crippen MR) is 131 cm³/mol.